The zero-order valence-electron chi connectivity index (χ0n) is 10.1. The number of nitrogens with one attached hydrogen (secondary N) is 1. The molecular weight excluding hydrogens is 228 g/mol. The molecule has 0 aliphatic heterocycles. The van der Waals surface area contributed by atoms with Gasteiger partial charge in [0, 0.05) is 0 Å². The summed E-state index contributed by atoms with van der Waals surface area (Å²) in [5.41, 5.74) is 1.95. The Balaban J connectivity index is 2.12. The molecule has 0 aliphatic rings. The largest absolute Gasteiger partial charge is 0.346 e. The highest BCUT2D eigenvalue weighted by atomic mass is 16.1. The minimum absolute atomic E-state index is 0.0553. The van der Waals surface area contributed by atoms with Crippen LogP contribution in [0.4, 0.5) is 0 Å². The van der Waals surface area contributed by atoms with Crippen LogP contribution >= 0.6 is 0 Å². The number of hydrogen-bond donors (Lipinski definition) is 1. The van der Waals surface area contributed by atoms with Crippen molar-refractivity contribution >= 4 is 5.91 Å². The summed E-state index contributed by atoms with van der Waals surface area (Å²) in [5.74, 6) is -0.178. The summed E-state index contributed by atoms with van der Waals surface area (Å²) in [5, 5.41) is 10.5. The number of carbonyl (C=O) groups is 1. The lowest BCUT2D eigenvalue weighted by Gasteiger charge is -2.13. The summed E-state index contributed by atoms with van der Waals surface area (Å²) < 4.78 is 1.68. The van der Waals surface area contributed by atoms with Crippen LogP contribution in [-0.2, 0) is 4.79 Å². The molecule has 0 fully saturated rings. The van der Waals surface area contributed by atoms with E-state index >= 15 is 0 Å². The molecule has 1 unspecified atom stereocenters. The fraction of sp³-hybridized carbons (Fsp3) is 0.154. The first-order valence-corrected chi connectivity index (χ1v) is 5.60. The van der Waals surface area contributed by atoms with Crippen molar-refractivity contribution in [2.75, 3.05) is 0 Å². The van der Waals surface area contributed by atoms with Crippen molar-refractivity contribution in [3.63, 3.8) is 0 Å². The van der Waals surface area contributed by atoms with Crippen LogP contribution in [0.25, 0.3) is 5.69 Å². The van der Waals surface area contributed by atoms with Gasteiger partial charge in [-0.05, 0) is 30.7 Å². The maximum atomic E-state index is 11.2. The lowest BCUT2D eigenvalue weighted by Crippen LogP contribution is -2.24. The van der Waals surface area contributed by atoms with Crippen molar-refractivity contribution < 1.29 is 4.79 Å². The van der Waals surface area contributed by atoms with Crippen LogP contribution in [0.3, 0.4) is 0 Å². The Bertz CT molecular complexity index is 531. The Morgan fingerprint density at radius 3 is 2.72 bits per heavy atom. The summed E-state index contributed by atoms with van der Waals surface area (Å²) in [6, 6.07) is 7.71. The fourth-order valence-corrected chi connectivity index (χ4v) is 1.62. The Morgan fingerprint density at radius 1 is 1.44 bits per heavy atom. The third-order valence-corrected chi connectivity index (χ3v) is 2.62. The van der Waals surface area contributed by atoms with Gasteiger partial charge in [-0.25, -0.2) is 4.68 Å². The average Bonchev–Trinajstić information content (AvgIpc) is 2.92. The molecule has 0 radical (unpaired) electrons. The number of nitrogens with zero attached hydrogens (tertiary/aromatic N) is 3. The molecule has 2 aromatic rings. The van der Waals surface area contributed by atoms with E-state index in [4.69, 9.17) is 0 Å². The predicted molar refractivity (Wildman–Crippen MR) is 68.1 cm³/mol. The third kappa shape index (κ3) is 2.63. The van der Waals surface area contributed by atoms with Gasteiger partial charge >= 0.3 is 0 Å². The zero-order valence-corrected chi connectivity index (χ0v) is 10.1. The maximum absolute atomic E-state index is 11.2. The van der Waals surface area contributed by atoms with E-state index in [9.17, 15) is 4.79 Å². The van der Waals surface area contributed by atoms with Gasteiger partial charge in [-0.15, -0.1) is 5.10 Å². The van der Waals surface area contributed by atoms with Gasteiger partial charge in [0.15, 0.2) is 0 Å². The number of rotatable bonds is 4. The van der Waals surface area contributed by atoms with Gasteiger partial charge in [0.2, 0.25) is 5.91 Å². The highest BCUT2D eigenvalue weighted by Gasteiger charge is 2.07. The summed E-state index contributed by atoms with van der Waals surface area (Å²) in [7, 11) is 0. The molecule has 0 saturated heterocycles. The van der Waals surface area contributed by atoms with Crippen LogP contribution in [0.2, 0.25) is 0 Å². The molecular formula is C13H14N4O. The first-order valence-electron chi connectivity index (χ1n) is 5.60. The molecule has 1 heterocycles. The lowest BCUT2D eigenvalue weighted by molar-refractivity contribution is -0.117. The van der Waals surface area contributed by atoms with E-state index in [0.29, 0.717) is 0 Å². The minimum Gasteiger partial charge on any atom is -0.346 e. The van der Waals surface area contributed by atoms with Crippen molar-refractivity contribution in [2.45, 2.75) is 13.0 Å². The SMILES string of the molecule is C=CC(=O)NC(C)c1ccc(-n2ccnn2)cc1. The second-order valence-electron chi connectivity index (χ2n) is 3.87. The highest BCUT2D eigenvalue weighted by molar-refractivity contribution is 5.87. The smallest absolute Gasteiger partial charge is 0.243 e. The Labute approximate surface area is 105 Å². The molecule has 0 aliphatic carbocycles. The first-order chi connectivity index (χ1) is 8.70. The standard InChI is InChI=1S/C13H14N4O/c1-3-13(18)15-10(2)11-4-6-12(7-5-11)17-9-8-14-16-17/h3-10H,1H2,2H3,(H,15,18). The molecule has 5 heteroatoms. The topological polar surface area (TPSA) is 59.8 Å². The maximum Gasteiger partial charge on any atom is 0.243 e. The van der Waals surface area contributed by atoms with Gasteiger partial charge in [-0.1, -0.05) is 23.9 Å². The highest BCUT2D eigenvalue weighted by Crippen LogP contribution is 2.14. The lowest BCUT2D eigenvalue weighted by atomic mass is 10.1. The summed E-state index contributed by atoms with van der Waals surface area (Å²) >= 11 is 0. The Morgan fingerprint density at radius 2 is 2.17 bits per heavy atom. The number of benzene rings is 1. The molecule has 1 aromatic heterocycles. The van der Waals surface area contributed by atoms with E-state index in [1.165, 1.54) is 6.08 Å². The van der Waals surface area contributed by atoms with Crippen LogP contribution in [0.1, 0.15) is 18.5 Å². The third-order valence-electron chi connectivity index (χ3n) is 2.62. The molecule has 0 saturated carbocycles. The molecule has 2 rings (SSSR count). The molecule has 1 N–H and O–H groups in total. The number of hydrogen-bond acceptors (Lipinski definition) is 3. The number of carbonyl (C=O) groups excluding carboxylic acids is 1. The minimum atomic E-state index is -0.178. The number of aromatic nitrogens is 3. The monoisotopic (exact) mass is 242 g/mol. The van der Waals surface area contributed by atoms with E-state index in [2.05, 4.69) is 22.2 Å². The van der Waals surface area contributed by atoms with Gasteiger partial charge in [-0.2, -0.15) is 0 Å². The second kappa shape index (κ2) is 5.27. The van der Waals surface area contributed by atoms with Crippen molar-refractivity contribution in [3.05, 3.63) is 54.9 Å². The summed E-state index contributed by atoms with van der Waals surface area (Å²) in [6.45, 7) is 5.35. The number of amides is 1. The quantitative estimate of drug-likeness (QED) is 0.829. The van der Waals surface area contributed by atoms with E-state index in [-0.39, 0.29) is 11.9 Å². The van der Waals surface area contributed by atoms with Crippen molar-refractivity contribution in [3.8, 4) is 5.69 Å². The molecule has 5 nitrogen and oxygen atoms in total. The van der Waals surface area contributed by atoms with Crippen molar-refractivity contribution in [1.29, 1.82) is 0 Å². The van der Waals surface area contributed by atoms with Gasteiger partial charge in [-0.3, -0.25) is 4.79 Å². The Hall–Kier alpha value is -2.43. The van der Waals surface area contributed by atoms with Crippen LogP contribution in [0, 0.1) is 0 Å². The van der Waals surface area contributed by atoms with E-state index in [0.717, 1.165) is 11.3 Å². The Kier molecular flexibility index (Phi) is 3.52. The predicted octanol–water partition coefficient (Wildman–Crippen LogP) is 1.63. The molecule has 1 atom stereocenters. The molecule has 1 aromatic carbocycles. The van der Waals surface area contributed by atoms with Gasteiger partial charge in [0.25, 0.3) is 0 Å². The van der Waals surface area contributed by atoms with Crippen LogP contribution in [-0.4, -0.2) is 20.9 Å². The van der Waals surface area contributed by atoms with Crippen LogP contribution in [0.15, 0.2) is 49.3 Å². The van der Waals surface area contributed by atoms with Gasteiger partial charge in [0.05, 0.1) is 24.1 Å². The fourth-order valence-electron chi connectivity index (χ4n) is 1.62. The van der Waals surface area contributed by atoms with E-state index in [1.807, 2.05) is 31.2 Å². The van der Waals surface area contributed by atoms with Gasteiger partial charge in [0.1, 0.15) is 0 Å². The van der Waals surface area contributed by atoms with Crippen LogP contribution < -0.4 is 5.32 Å². The van der Waals surface area contributed by atoms with E-state index in [1.54, 1.807) is 17.1 Å². The van der Waals surface area contributed by atoms with Crippen molar-refractivity contribution in [1.82, 2.24) is 20.3 Å². The first kappa shape index (κ1) is 12.0. The van der Waals surface area contributed by atoms with Gasteiger partial charge < -0.3 is 5.32 Å². The average molecular weight is 242 g/mol. The van der Waals surface area contributed by atoms with E-state index < -0.39 is 0 Å². The second-order valence-corrected chi connectivity index (χ2v) is 3.87. The zero-order chi connectivity index (χ0) is 13.0. The normalized spacial score (nSPS) is 11.8. The molecule has 1 amide bonds. The molecule has 18 heavy (non-hydrogen) atoms. The van der Waals surface area contributed by atoms with Crippen LogP contribution in [0.5, 0.6) is 0 Å². The summed E-state index contributed by atoms with van der Waals surface area (Å²) in [6.07, 6.45) is 4.67. The summed E-state index contributed by atoms with van der Waals surface area (Å²) in [4.78, 5) is 11.2. The molecule has 0 bridgehead atoms. The molecule has 0 spiro atoms. The van der Waals surface area contributed by atoms with Crippen molar-refractivity contribution in [2.24, 2.45) is 0 Å². The molecule has 92 valence electrons.